The summed E-state index contributed by atoms with van der Waals surface area (Å²) in [7, 11) is 0. The van der Waals surface area contributed by atoms with Gasteiger partial charge in [-0.15, -0.1) is 0 Å². The van der Waals surface area contributed by atoms with Crippen LogP contribution >= 0.6 is 0 Å². The molecule has 0 aliphatic heterocycles. The Morgan fingerprint density at radius 1 is 1.35 bits per heavy atom. The molecule has 0 saturated heterocycles. The minimum atomic E-state index is -0.428. The van der Waals surface area contributed by atoms with Crippen molar-refractivity contribution >= 4 is 5.91 Å². The number of carbonyl (C=O) groups excluding carboxylic acids is 1. The van der Waals surface area contributed by atoms with Crippen LogP contribution in [0.4, 0.5) is 0 Å². The summed E-state index contributed by atoms with van der Waals surface area (Å²) in [5, 5.41) is 19.0. The van der Waals surface area contributed by atoms with Gasteiger partial charge in [0.1, 0.15) is 5.69 Å². The molecule has 0 radical (unpaired) electrons. The highest BCUT2D eigenvalue weighted by Crippen LogP contribution is 2.14. The standard InChI is InChI=1S/C15H19N3O2/c1-10(2)12-8-13(18-17-12)15(20)16-14(9-19)11-6-4-3-5-7-11/h3-8,10,14,19H,9H2,1-2H3,(H,16,20)(H,17,18)/t14-/m1/s1. The second-order valence-electron chi connectivity index (χ2n) is 4.98. The van der Waals surface area contributed by atoms with Gasteiger partial charge in [-0.3, -0.25) is 9.89 Å². The van der Waals surface area contributed by atoms with Crippen LogP contribution in [0.25, 0.3) is 0 Å². The van der Waals surface area contributed by atoms with E-state index in [2.05, 4.69) is 15.5 Å². The average Bonchev–Trinajstić information content (AvgIpc) is 2.95. The Bertz CT molecular complexity index is 564. The molecule has 0 aliphatic carbocycles. The fourth-order valence-corrected chi connectivity index (χ4v) is 1.90. The van der Waals surface area contributed by atoms with Crippen LogP contribution < -0.4 is 5.32 Å². The van der Waals surface area contributed by atoms with Gasteiger partial charge in [0.15, 0.2) is 0 Å². The summed E-state index contributed by atoms with van der Waals surface area (Å²) < 4.78 is 0. The zero-order valence-corrected chi connectivity index (χ0v) is 11.6. The van der Waals surface area contributed by atoms with E-state index in [-0.39, 0.29) is 18.4 Å². The molecule has 0 bridgehead atoms. The number of carbonyl (C=O) groups is 1. The summed E-state index contributed by atoms with van der Waals surface area (Å²) in [6, 6.07) is 10.7. The third-order valence-electron chi connectivity index (χ3n) is 3.14. The maximum Gasteiger partial charge on any atom is 0.272 e. The highest BCUT2D eigenvalue weighted by molar-refractivity contribution is 5.92. The molecule has 5 nitrogen and oxygen atoms in total. The predicted molar refractivity (Wildman–Crippen MR) is 76.4 cm³/mol. The first-order valence-corrected chi connectivity index (χ1v) is 6.63. The van der Waals surface area contributed by atoms with E-state index in [4.69, 9.17) is 0 Å². The number of benzene rings is 1. The molecule has 3 N–H and O–H groups in total. The van der Waals surface area contributed by atoms with Crippen molar-refractivity contribution in [2.75, 3.05) is 6.61 Å². The van der Waals surface area contributed by atoms with Crippen molar-refractivity contribution in [1.29, 1.82) is 0 Å². The van der Waals surface area contributed by atoms with Crippen LogP contribution in [0.2, 0.25) is 0 Å². The zero-order chi connectivity index (χ0) is 14.5. The largest absolute Gasteiger partial charge is 0.394 e. The molecule has 5 heteroatoms. The fraction of sp³-hybridized carbons (Fsp3) is 0.333. The van der Waals surface area contributed by atoms with Crippen LogP contribution in [0.1, 0.15) is 47.6 Å². The number of aliphatic hydroxyl groups is 1. The first kappa shape index (κ1) is 14.3. The Morgan fingerprint density at radius 3 is 2.60 bits per heavy atom. The van der Waals surface area contributed by atoms with Crippen molar-refractivity contribution in [1.82, 2.24) is 15.5 Å². The summed E-state index contributed by atoms with van der Waals surface area (Å²) >= 11 is 0. The molecule has 1 heterocycles. The van der Waals surface area contributed by atoms with Gasteiger partial charge in [0, 0.05) is 5.69 Å². The third-order valence-corrected chi connectivity index (χ3v) is 3.14. The SMILES string of the molecule is CC(C)c1cc(C(=O)N[C@H](CO)c2ccccc2)n[nH]1. The third kappa shape index (κ3) is 3.24. The maximum atomic E-state index is 12.1. The molecular weight excluding hydrogens is 254 g/mol. The smallest absolute Gasteiger partial charge is 0.272 e. The minimum Gasteiger partial charge on any atom is -0.394 e. The Morgan fingerprint density at radius 2 is 2.05 bits per heavy atom. The van der Waals surface area contributed by atoms with E-state index in [0.29, 0.717) is 5.69 Å². The summed E-state index contributed by atoms with van der Waals surface area (Å²) in [5.74, 6) is -0.0112. The molecule has 0 fully saturated rings. The van der Waals surface area contributed by atoms with Crippen LogP contribution in [0.3, 0.4) is 0 Å². The van der Waals surface area contributed by atoms with Gasteiger partial charge in [0.05, 0.1) is 12.6 Å². The summed E-state index contributed by atoms with van der Waals surface area (Å²) in [4.78, 5) is 12.1. The Kier molecular flexibility index (Phi) is 4.53. The lowest BCUT2D eigenvalue weighted by molar-refractivity contribution is 0.0911. The Hall–Kier alpha value is -2.14. The van der Waals surface area contributed by atoms with Crippen molar-refractivity contribution < 1.29 is 9.90 Å². The van der Waals surface area contributed by atoms with Crippen molar-refractivity contribution in [2.24, 2.45) is 0 Å². The topological polar surface area (TPSA) is 78.0 Å². The van der Waals surface area contributed by atoms with Crippen LogP contribution in [0.15, 0.2) is 36.4 Å². The second-order valence-corrected chi connectivity index (χ2v) is 4.98. The Balaban J connectivity index is 2.09. The van der Waals surface area contributed by atoms with Gasteiger partial charge in [0.2, 0.25) is 0 Å². The number of aromatic nitrogens is 2. The van der Waals surface area contributed by atoms with E-state index in [1.165, 1.54) is 0 Å². The molecule has 2 rings (SSSR count). The van der Waals surface area contributed by atoms with Crippen LogP contribution in [0.5, 0.6) is 0 Å². The van der Waals surface area contributed by atoms with Crippen LogP contribution in [-0.2, 0) is 0 Å². The van der Waals surface area contributed by atoms with Gasteiger partial charge in [-0.05, 0) is 17.5 Å². The molecule has 20 heavy (non-hydrogen) atoms. The molecule has 1 aromatic carbocycles. The number of amides is 1. The van der Waals surface area contributed by atoms with E-state index in [0.717, 1.165) is 11.3 Å². The van der Waals surface area contributed by atoms with Crippen molar-refractivity contribution in [3.8, 4) is 0 Å². The molecule has 0 saturated carbocycles. The molecular formula is C15H19N3O2. The number of aliphatic hydroxyl groups excluding tert-OH is 1. The average molecular weight is 273 g/mol. The number of rotatable bonds is 5. The quantitative estimate of drug-likeness (QED) is 0.779. The van der Waals surface area contributed by atoms with E-state index >= 15 is 0 Å². The number of hydrogen-bond donors (Lipinski definition) is 3. The molecule has 106 valence electrons. The van der Waals surface area contributed by atoms with Crippen molar-refractivity contribution in [3.05, 3.63) is 53.3 Å². The normalized spacial score (nSPS) is 12.4. The fourth-order valence-electron chi connectivity index (χ4n) is 1.90. The van der Waals surface area contributed by atoms with Gasteiger partial charge < -0.3 is 10.4 Å². The molecule has 2 aromatic rings. The highest BCUT2D eigenvalue weighted by Gasteiger charge is 2.17. The molecule has 0 aliphatic rings. The second kappa shape index (κ2) is 6.34. The summed E-state index contributed by atoms with van der Waals surface area (Å²) in [5.41, 5.74) is 2.11. The molecule has 0 unspecified atom stereocenters. The van der Waals surface area contributed by atoms with Gasteiger partial charge in [-0.25, -0.2) is 0 Å². The summed E-state index contributed by atoms with van der Waals surface area (Å²) in [6.45, 7) is 3.89. The van der Waals surface area contributed by atoms with Crippen LogP contribution in [0, 0.1) is 0 Å². The van der Waals surface area contributed by atoms with Gasteiger partial charge in [-0.2, -0.15) is 5.10 Å². The maximum absolute atomic E-state index is 12.1. The van der Waals surface area contributed by atoms with Gasteiger partial charge >= 0.3 is 0 Å². The predicted octanol–water partition coefficient (Wildman–Crippen LogP) is 2.00. The number of nitrogens with one attached hydrogen (secondary N) is 2. The van der Waals surface area contributed by atoms with Crippen LogP contribution in [-0.4, -0.2) is 27.8 Å². The van der Waals surface area contributed by atoms with E-state index < -0.39 is 6.04 Å². The monoisotopic (exact) mass is 273 g/mol. The van der Waals surface area contributed by atoms with Crippen molar-refractivity contribution in [2.45, 2.75) is 25.8 Å². The van der Waals surface area contributed by atoms with Gasteiger partial charge in [-0.1, -0.05) is 44.2 Å². The lowest BCUT2D eigenvalue weighted by atomic mass is 10.1. The van der Waals surface area contributed by atoms with Gasteiger partial charge in [0.25, 0.3) is 5.91 Å². The number of aromatic amines is 1. The lowest BCUT2D eigenvalue weighted by Gasteiger charge is -2.15. The van der Waals surface area contributed by atoms with E-state index in [1.807, 2.05) is 44.2 Å². The number of hydrogen-bond acceptors (Lipinski definition) is 3. The first-order chi connectivity index (χ1) is 9.61. The minimum absolute atomic E-state index is 0.156. The molecule has 0 spiro atoms. The van der Waals surface area contributed by atoms with E-state index in [9.17, 15) is 9.90 Å². The molecule has 1 atom stereocenters. The molecule has 1 aromatic heterocycles. The summed E-state index contributed by atoms with van der Waals surface area (Å²) in [6.07, 6.45) is 0. The molecule has 1 amide bonds. The highest BCUT2D eigenvalue weighted by atomic mass is 16.3. The van der Waals surface area contributed by atoms with E-state index in [1.54, 1.807) is 6.07 Å². The van der Waals surface area contributed by atoms with Crippen molar-refractivity contribution in [3.63, 3.8) is 0 Å². The zero-order valence-electron chi connectivity index (χ0n) is 11.6. The lowest BCUT2D eigenvalue weighted by Crippen LogP contribution is -2.31. The number of H-pyrrole nitrogens is 1. The number of nitrogens with zero attached hydrogens (tertiary/aromatic N) is 1. The first-order valence-electron chi connectivity index (χ1n) is 6.63. The Labute approximate surface area is 118 Å².